The molecule has 0 atom stereocenters. The van der Waals surface area contributed by atoms with Crippen molar-refractivity contribution in [1.29, 1.82) is 0 Å². The monoisotopic (exact) mass is 208 g/mol. The van der Waals surface area contributed by atoms with Crippen LogP contribution in [0.5, 0.6) is 0 Å². The van der Waals surface area contributed by atoms with E-state index in [2.05, 4.69) is 10.5 Å². The molecule has 0 aliphatic heterocycles. The third-order valence-electron chi connectivity index (χ3n) is 1.76. The summed E-state index contributed by atoms with van der Waals surface area (Å²) in [5, 5.41) is 3.72. The fraction of sp³-hybridized carbons (Fsp3) is 0.273. The van der Waals surface area contributed by atoms with Crippen LogP contribution in [0.1, 0.15) is 30.1 Å². The molecule has 0 aromatic heterocycles. The molecule has 0 aliphatic carbocycles. The zero-order valence-corrected chi connectivity index (χ0v) is 8.53. The molecule has 1 aromatic carbocycles. The van der Waals surface area contributed by atoms with Gasteiger partial charge in [-0.1, -0.05) is 19.4 Å². The second-order valence-electron chi connectivity index (χ2n) is 3.05. The smallest absolute Gasteiger partial charge is 0.267 e. The van der Waals surface area contributed by atoms with Gasteiger partial charge in [-0.05, 0) is 24.6 Å². The Morgan fingerprint density at radius 1 is 1.60 bits per heavy atom. The molecule has 1 N–H and O–H groups in total. The molecule has 3 nitrogen and oxygen atoms in total. The second-order valence-corrected chi connectivity index (χ2v) is 3.05. The van der Waals surface area contributed by atoms with Gasteiger partial charge in [0, 0.05) is 11.8 Å². The van der Waals surface area contributed by atoms with E-state index in [1.165, 1.54) is 24.3 Å². The number of hydrogen-bond donors (Lipinski definition) is 1. The van der Waals surface area contributed by atoms with Crippen LogP contribution >= 0.6 is 0 Å². The van der Waals surface area contributed by atoms with E-state index in [1.54, 1.807) is 6.21 Å². The molecule has 1 amide bonds. The lowest BCUT2D eigenvalue weighted by atomic mass is 10.2. The molecular weight excluding hydrogens is 195 g/mol. The lowest BCUT2D eigenvalue weighted by Crippen LogP contribution is -2.17. The van der Waals surface area contributed by atoms with Gasteiger partial charge < -0.3 is 0 Å². The van der Waals surface area contributed by atoms with E-state index in [-0.39, 0.29) is 5.56 Å². The molecule has 0 spiro atoms. The van der Waals surface area contributed by atoms with Crippen LogP contribution in [0, 0.1) is 5.82 Å². The fourth-order valence-electron chi connectivity index (χ4n) is 0.992. The average Bonchev–Trinajstić information content (AvgIpc) is 2.24. The Morgan fingerprint density at radius 2 is 2.40 bits per heavy atom. The summed E-state index contributed by atoms with van der Waals surface area (Å²) in [6.45, 7) is 2.01. The number of unbranched alkanes of at least 4 members (excludes halogenated alkanes) is 1. The van der Waals surface area contributed by atoms with Crippen LogP contribution in [0.2, 0.25) is 0 Å². The molecule has 0 unspecified atom stereocenters. The zero-order chi connectivity index (χ0) is 11.1. The number of hydrogen-bond acceptors (Lipinski definition) is 2. The van der Waals surface area contributed by atoms with Gasteiger partial charge >= 0.3 is 0 Å². The van der Waals surface area contributed by atoms with Gasteiger partial charge in [0.1, 0.15) is 5.82 Å². The Bertz CT molecular complexity index is 363. The topological polar surface area (TPSA) is 41.5 Å². The van der Waals surface area contributed by atoms with Gasteiger partial charge in [-0.15, -0.1) is 0 Å². The van der Waals surface area contributed by atoms with Crippen LogP contribution < -0.4 is 5.43 Å². The highest BCUT2D eigenvalue weighted by Gasteiger charge is 2.03. The quantitative estimate of drug-likeness (QED) is 0.598. The lowest BCUT2D eigenvalue weighted by Gasteiger charge is -1.98. The summed E-state index contributed by atoms with van der Waals surface area (Å²) < 4.78 is 12.8. The highest BCUT2D eigenvalue weighted by Crippen LogP contribution is 2.02. The van der Waals surface area contributed by atoms with Gasteiger partial charge in [-0.2, -0.15) is 5.10 Å². The molecule has 0 bridgehead atoms. The van der Waals surface area contributed by atoms with Crippen molar-refractivity contribution >= 4 is 12.1 Å². The maximum Gasteiger partial charge on any atom is 0.271 e. The first kappa shape index (κ1) is 11.4. The predicted molar refractivity (Wildman–Crippen MR) is 57.3 cm³/mol. The van der Waals surface area contributed by atoms with Crippen molar-refractivity contribution in [2.24, 2.45) is 5.10 Å². The maximum atomic E-state index is 12.8. The summed E-state index contributed by atoms with van der Waals surface area (Å²) in [4.78, 5) is 11.4. The van der Waals surface area contributed by atoms with E-state index in [4.69, 9.17) is 0 Å². The summed E-state index contributed by atoms with van der Waals surface area (Å²) in [5.74, 6) is -0.831. The molecule has 1 aromatic rings. The van der Waals surface area contributed by atoms with Crippen molar-refractivity contribution < 1.29 is 9.18 Å². The third-order valence-corrected chi connectivity index (χ3v) is 1.76. The van der Waals surface area contributed by atoms with Crippen LogP contribution in [0.4, 0.5) is 4.39 Å². The minimum absolute atomic E-state index is 0.267. The Hall–Kier alpha value is -1.71. The SMILES string of the molecule is CCC/C=N/NC(=O)c1cccc(F)c1. The minimum atomic E-state index is -0.430. The Kier molecular flexibility index (Phi) is 4.47. The average molecular weight is 208 g/mol. The molecule has 4 heteroatoms. The Morgan fingerprint density at radius 3 is 3.07 bits per heavy atom. The van der Waals surface area contributed by atoms with Crippen molar-refractivity contribution in [2.45, 2.75) is 19.8 Å². The molecule has 0 radical (unpaired) electrons. The van der Waals surface area contributed by atoms with Crippen molar-refractivity contribution in [3.63, 3.8) is 0 Å². The number of carbonyl (C=O) groups excluding carboxylic acids is 1. The Labute approximate surface area is 88.0 Å². The largest absolute Gasteiger partial charge is 0.271 e. The maximum absolute atomic E-state index is 12.8. The number of nitrogens with one attached hydrogen (secondary N) is 1. The molecule has 0 aliphatic rings. The predicted octanol–water partition coefficient (Wildman–Crippen LogP) is 2.34. The summed E-state index contributed by atoms with van der Waals surface area (Å²) in [6.07, 6.45) is 3.40. The van der Waals surface area contributed by atoms with E-state index in [1.807, 2.05) is 6.92 Å². The fourth-order valence-corrected chi connectivity index (χ4v) is 0.992. The van der Waals surface area contributed by atoms with Crippen LogP contribution in [0.15, 0.2) is 29.4 Å². The molecule has 0 saturated heterocycles. The third kappa shape index (κ3) is 3.89. The summed E-state index contributed by atoms with van der Waals surface area (Å²) >= 11 is 0. The number of nitrogens with zero attached hydrogens (tertiary/aromatic N) is 1. The number of amides is 1. The van der Waals surface area contributed by atoms with Gasteiger partial charge in [0.2, 0.25) is 0 Å². The van der Waals surface area contributed by atoms with E-state index < -0.39 is 11.7 Å². The van der Waals surface area contributed by atoms with E-state index in [9.17, 15) is 9.18 Å². The first-order valence-corrected chi connectivity index (χ1v) is 4.81. The summed E-state index contributed by atoms with van der Waals surface area (Å²) in [5.41, 5.74) is 2.59. The molecule has 1 rings (SSSR count). The van der Waals surface area contributed by atoms with E-state index in [0.29, 0.717) is 0 Å². The minimum Gasteiger partial charge on any atom is -0.267 e. The number of hydrazone groups is 1. The van der Waals surface area contributed by atoms with Crippen LogP contribution in [-0.4, -0.2) is 12.1 Å². The number of rotatable bonds is 4. The van der Waals surface area contributed by atoms with Gasteiger partial charge in [0.05, 0.1) is 0 Å². The van der Waals surface area contributed by atoms with Gasteiger partial charge in [-0.3, -0.25) is 4.79 Å². The van der Waals surface area contributed by atoms with Crippen LogP contribution in [-0.2, 0) is 0 Å². The molecule has 0 saturated carbocycles. The standard InChI is InChI=1S/C11H13FN2O/c1-2-3-7-13-14-11(15)9-5-4-6-10(12)8-9/h4-8H,2-3H2,1H3,(H,14,15)/b13-7+. The van der Waals surface area contributed by atoms with Gasteiger partial charge in [0.15, 0.2) is 0 Å². The highest BCUT2D eigenvalue weighted by atomic mass is 19.1. The van der Waals surface area contributed by atoms with Gasteiger partial charge in [-0.25, -0.2) is 9.82 Å². The van der Waals surface area contributed by atoms with Crippen LogP contribution in [0.3, 0.4) is 0 Å². The molecular formula is C11H13FN2O. The van der Waals surface area contributed by atoms with Crippen molar-refractivity contribution in [1.82, 2.24) is 5.43 Å². The van der Waals surface area contributed by atoms with Crippen molar-refractivity contribution in [3.05, 3.63) is 35.6 Å². The van der Waals surface area contributed by atoms with Gasteiger partial charge in [0.25, 0.3) is 5.91 Å². The first-order chi connectivity index (χ1) is 7.24. The van der Waals surface area contributed by atoms with Crippen LogP contribution in [0.25, 0.3) is 0 Å². The second kappa shape index (κ2) is 5.90. The number of carbonyl (C=O) groups is 1. The Balaban J connectivity index is 2.54. The van der Waals surface area contributed by atoms with E-state index >= 15 is 0 Å². The molecule has 80 valence electrons. The summed E-state index contributed by atoms with van der Waals surface area (Å²) in [6, 6.07) is 5.48. The van der Waals surface area contributed by atoms with E-state index in [0.717, 1.165) is 12.8 Å². The van der Waals surface area contributed by atoms with Crippen molar-refractivity contribution in [3.8, 4) is 0 Å². The first-order valence-electron chi connectivity index (χ1n) is 4.81. The number of benzene rings is 1. The van der Waals surface area contributed by atoms with Crippen molar-refractivity contribution in [2.75, 3.05) is 0 Å². The summed E-state index contributed by atoms with van der Waals surface area (Å²) in [7, 11) is 0. The normalized spacial score (nSPS) is 10.5. The highest BCUT2D eigenvalue weighted by molar-refractivity contribution is 5.94. The lowest BCUT2D eigenvalue weighted by molar-refractivity contribution is 0.0954. The zero-order valence-electron chi connectivity index (χ0n) is 8.53. The number of halogens is 1. The molecule has 15 heavy (non-hydrogen) atoms. The molecule has 0 heterocycles. The molecule has 0 fully saturated rings.